The lowest BCUT2D eigenvalue weighted by Crippen LogP contribution is -2.05. The van der Waals surface area contributed by atoms with Gasteiger partial charge in [-0.1, -0.05) is 29.9 Å². The van der Waals surface area contributed by atoms with Crippen LogP contribution in [-0.4, -0.2) is 18.6 Å². The molecule has 6 heteroatoms. The number of aromatic nitrogens is 2. The minimum Gasteiger partial charge on any atom is -0.266 e. The van der Waals surface area contributed by atoms with E-state index in [2.05, 4.69) is 10.2 Å². The predicted molar refractivity (Wildman–Crippen MR) is 66.1 cm³/mol. The summed E-state index contributed by atoms with van der Waals surface area (Å²) in [5.41, 5.74) is 1.00. The first-order chi connectivity index (χ1) is 8.00. The van der Waals surface area contributed by atoms with Gasteiger partial charge in [0.15, 0.2) is 5.03 Å². The molecular weight excluding hydrogens is 256 g/mol. The number of hydrogen-bond acceptors (Lipinski definition) is 4. The van der Waals surface area contributed by atoms with Gasteiger partial charge >= 0.3 is 0 Å². The van der Waals surface area contributed by atoms with E-state index in [0.717, 1.165) is 5.56 Å². The molecule has 0 saturated heterocycles. The average molecular weight is 266 g/mol. The van der Waals surface area contributed by atoms with E-state index in [4.69, 9.17) is 12.2 Å². The maximum absolute atomic E-state index is 12.1. The van der Waals surface area contributed by atoms with Crippen LogP contribution in [0.1, 0.15) is 5.56 Å². The summed E-state index contributed by atoms with van der Waals surface area (Å²) in [7, 11) is -3.56. The van der Waals surface area contributed by atoms with Crippen molar-refractivity contribution in [3.05, 3.63) is 46.6 Å². The molecule has 0 atom stereocenters. The van der Waals surface area contributed by atoms with Gasteiger partial charge in [-0.25, -0.2) is 8.42 Å². The minimum absolute atomic E-state index is 0.0325. The second-order valence-corrected chi connectivity index (χ2v) is 5.91. The number of nitrogens with one attached hydrogen (secondary N) is 1. The smallest absolute Gasteiger partial charge is 0.225 e. The molecular formula is C11H10N2O2S2. The van der Waals surface area contributed by atoms with Crippen LogP contribution in [0.15, 0.2) is 46.3 Å². The van der Waals surface area contributed by atoms with Gasteiger partial charge in [0.1, 0.15) is 4.64 Å². The van der Waals surface area contributed by atoms with Gasteiger partial charge in [0.25, 0.3) is 0 Å². The summed E-state index contributed by atoms with van der Waals surface area (Å²) in [5, 5.41) is 6.17. The Morgan fingerprint density at radius 2 is 1.76 bits per heavy atom. The summed E-state index contributed by atoms with van der Waals surface area (Å²) in [6.45, 7) is 1.90. The molecule has 1 heterocycles. The summed E-state index contributed by atoms with van der Waals surface area (Å²) in [4.78, 5) is 0.223. The Balaban J connectivity index is 2.53. The second-order valence-electron chi connectivity index (χ2n) is 3.58. The fourth-order valence-electron chi connectivity index (χ4n) is 1.32. The van der Waals surface area contributed by atoms with Crippen LogP contribution in [0, 0.1) is 11.6 Å². The second kappa shape index (κ2) is 4.38. The Morgan fingerprint density at radius 1 is 1.12 bits per heavy atom. The van der Waals surface area contributed by atoms with Crippen LogP contribution in [0.25, 0.3) is 0 Å². The quantitative estimate of drug-likeness (QED) is 0.847. The lowest BCUT2D eigenvalue weighted by atomic mass is 10.2. The molecule has 4 nitrogen and oxygen atoms in total. The summed E-state index contributed by atoms with van der Waals surface area (Å²) < 4.78 is 24.7. The maximum atomic E-state index is 12.1. The van der Waals surface area contributed by atoms with E-state index in [0.29, 0.717) is 4.64 Å². The molecule has 0 aliphatic carbocycles. The number of benzene rings is 1. The van der Waals surface area contributed by atoms with Crippen LogP contribution in [0.3, 0.4) is 0 Å². The van der Waals surface area contributed by atoms with Gasteiger partial charge in [0.05, 0.1) is 4.90 Å². The highest BCUT2D eigenvalue weighted by molar-refractivity contribution is 7.91. The highest BCUT2D eigenvalue weighted by Gasteiger charge is 2.18. The first kappa shape index (κ1) is 11.9. The molecule has 0 bridgehead atoms. The fourth-order valence-corrected chi connectivity index (χ4v) is 2.58. The molecule has 0 amide bonds. The van der Waals surface area contributed by atoms with Crippen LogP contribution < -0.4 is 0 Å². The standard InChI is InChI=1S/C11H10N2O2S2/c1-8-2-4-9(5-3-8)17(14,15)11-7-6-10(16)12-13-11/h2-7H,1H3,(H,12,16). The molecule has 0 aliphatic heterocycles. The third kappa shape index (κ3) is 2.42. The van der Waals surface area contributed by atoms with E-state index in [-0.39, 0.29) is 9.92 Å². The summed E-state index contributed by atoms with van der Waals surface area (Å²) in [5.74, 6) is 0. The van der Waals surface area contributed by atoms with Gasteiger partial charge in [-0.05, 0) is 31.2 Å². The van der Waals surface area contributed by atoms with Gasteiger partial charge in [0.2, 0.25) is 9.84 Å². The largest absolute Gasteiger partial charge is 0.266 e. The van der Waals surface area contributed by atoms with Crippen molar-refractivity contribution in [2.24, 2.45) is 0 Å². The summed E-state index contributed by atoms with van der Waals surface area (Å²) in [6.07, 6.45) is 0. The van der Waals surface area contributed by atoms with E-state index >= 15 is 0 Å². The molecule has 0 spiro atoms. The Hall–Kier alpha value is -1.53. The molecule has 0 unspecified atom stereocenters. The van der Waals surface area contributed by atoms with Crippen LogP contribution in [0.2, 0.25) is 0 Å². The van der Waals surface area contributed by atoms with E-state index in [1.165, 1.54) is 12.1 Å². The highest BCUT2D eigenvalue weighted by atomic mass is 32.2. The molecule has 1 aromatic carbocycles. The lowest BCUT2D eigenvalue weighted by molar-refractivity contribution is 0.590. The zero-order valence-electron chi connectivity index (χ0n) is 9.04. The maximum Gasteiger partial charge on any atom is 0.225 e. The fraction of sp³-hybridized carbons (Fsp3) is 0.0909. The van der Waals surface area contributed by atoms with Gasteiger partial charge in [0, 0.05) is 0 Å². The van der Waals surface area contributed by atoms with Gasteiger partial charge in [-0.15, -0.1) is 0 Å². The molecule has 1 N–H and O–H groups in total. The number of aromatic amines is 1. The van der Waals surface area contributed by atoms with Crippen LogP contribution in [0.4, 0.5) is 0 Å². The zero-order chi connectivity index (χ0) is 12.5. The molecule has 0 aliphatic rings. The van der Waals surface area contributed by atoms with Crippen molar-refractivity contribution in [2.75, 3.05) is 0 Å². The number of sulfone groups is 1. The van der Waals surface area contributed by atoms with Crippen molar-refractivity contribution in [3.8, 4) is 0 Å². The Morgan fingerprint density at radius 3 is 2.29 bits per heavy atom. The van der Waals surface area contributed by atoms with E-state index < -0.39 is 9.84 Å². The number of rotatable bonds is 2. The van der Waals surface area contributed by atoms with E-state index in [1.54, 1.807) is 24.3 Å². The first-order valence-corrected chi connectivity index (χ1v) is 6.77. The lowest BCUT2D eigenvalue weighted by Gasteiger charge is -2.03. The third-order valence-corrected chi connectivity index (χ3v) is 4.16. The number of H-pyrrole nitrogens is 1. The molecule has 0 radical (unpaired) electrons. The van der Waals surface area contributed by atoms with Crippen molar-refractivity contribution in [2.45, 2.75) is 16.8 Å². The minimum atomic E-state index is -3.56. The Bertz CT molecular complexity index is 668. The third-order valence-electron chi connectivity index (χ3n) is 2.26. The zero-order valence-corrected chi connectivity index (χ0v) is 10.7. The SMILES string of the molecule is Cc1ccc(S(=O)(=O)c2ccc(=S)[nH]n2)cc1. The highest BCUT2D eigenvalue weighted by Crippen LogP contribution is 2.18. The molecule has 0 fully saturated rings. The van der Waals surface area contributed by atoms with E-state index in [1.807, 2.05) is 6.92 Å². The van der Waals surface area contributed by atoms with Gasteiger partial charge in [-0.2, -0.15) is 5.10 Å². The first-order valence-electron chi connectivity index (χ1n) is 4.87. The Kier molecular flexibility index (Phi) is 3.08. The van der Waals surface area contributed by atoms with Crippen molar-refractivity contribution in [1.82, 2.24) is 10.2 Å². The van der Waals surface area contributed by atoms with Crippen molar-refractivity contribution >= 4 is 22.1 Å². The number of aryl methyl sites for hydroxylation is 1. The van der Waals surface area contributed by atoms with E-state index in [9.17, 15) is 8.42 Å². The molecule has 17 heavy (non-hydrogen) atoms. The van der Waals surface area contributed by atoms with Crippen LogP contribution in [-0.2, 0) is 9.84 Å². The number of hydrogen-bond donors (Lipinski definition) is 1. The molecule has 88 valence electrons. The van der Waals surface area contributed by atoms with Crippen molar-refractivity contribution in [1.29, 1.82) is 0 Å². The predicted octanol–water partition coefficient (Wildman–Crippen LogP) is 2.28. The summed E-state index contributed by atoms with van der Waals surface area (Å²) >= 11 is 4.82. The van der Waals surface area contributed by atoms with Crippen LogP contribution in [0.5, 0.6) is 0 Å². The summed E-state index contributed by atoms with van der Waals surface area (Å²) in [6, 6.07) is 9.52. The Labute approximate surface area is 104 Å². The molecule has 2 aromatic rings. The topological polar surface area (TPSA) is 62.8 Å². The molecule has 1 aromatic heterocycles. The van der Waals surface area contributed by atoms with Crippen molar-refractivity contribution < 1.29 is 8.42 Å². The van der Waals surface area contributed by atoms with Crippen LogP contribution >= 0.6 is 12.2 Å². The monoisotopic (exact) mass is 266 g/mol. The molecule has 2 rings (SSSR count). The normalized spacial score (nSPS) is 11.4. The van der Waals surface area contributed by atoms with Gasteiger partial charge < -0.3 is 0 Å². The average Bonchev–Trinajstić information content (AvgIpc) is 2.30. The van der Waals surface area contributed by atoms with Gasteiger partial charge in [-0.3, -0.25) is 5.10 Å². The van der Waals surface area contributed by atoms with Crippen molar-refractivity contribution in [3.63, 3.8) is 0 Å². The molecule has 0 saturated carbocycles. The number of nitrogens with zero attached hydrogens (tertiary/aromatic N) is 1.